The summed E-state index contributed by atoms with van der Waals surface area (Å²) in [5, 5.41) is 15.7. The van der Waals surface area contributed by atoms with E-state index in [0.29, 0.717) is 13.0 Å². The van der Waals surface area contributed by atoms with Gasteiger partial charge in [0.25, 0.3) is 0 Å². The van der Waals surface area contributed by atoms with Crippen molar-refractivity contribution in [3.05, 3.63) is 64.7 Å². The molecule has 8 heteroatoms. The van der Waals surface area contributed by atoms with Gasteiger partial charge in [0.2, 0.25) is 11.8 Å². The maximum Gasteiger partial charge on any atom is 0.408 e. The normalized spacial score (nSPS) is 13.5. The molecule has 0 fully saturated rings. The molecule has 0 saturated carbocycles. The van der Waals surface area contributed by atoms with Crippen molar-refractivity contribution in [3.8, 4) is 5.75 Å². The van der Waals surface area contributed by atoms with E-state index in [1.54, 1.807) is 49.9 Å². The van der Waals surface area contributed by atoms with Crippen LogP contribution in [0.4, 0.5) is 4.79 Å². The van der Waals surface area contributed by atoms with Crippen molar-refractivity contribution in [2.24, 2.45) is 0 Å². The summed E-state index contributed by atoms with van der Waals surface area (Å²) >= 11 is 0. The number of unbranched alkanes of at least 4 members (excludes halogenated alkanes) is 2. The molecular weight excluding hydrogens is 530 g/mol. The van der Waals surface area contributed by atoms with Crippen molar-refractivity contribution in [3.63, 3.8) is 0 Å². The summed E-state index contributed by atoms with van der Waals surface area (Å²) in [4.78, 5) is 43.1. The quantitative estimate of drug-likeness (QED) is 0.221. The first kappa shape index (κ1) is 34.7. The SMILES string of the molecule is CCCCCN(C(=O)C(Cc1ccc(O)cc1)NC(=O)OC(C)(C)C)C(C(=O)NC(C)CCC)c1cc(C)cc(C)c1. The Balaban J connectivity index is 2.61. The molecule has 0 aromatic heterocycles. The molecule has 0 aliphatic rings. The Kier molecular flexibility index (Phi) is 13.4. The highest BCUT2D eigenvalue weighted by atomic mass is 16.6. The number of nitrogens with zero attached hydrogens (tertiary/aromatic N) is 1. The second kappa shape index (κ2) is 16.2. The van der Waals surface area contributed by atoms with Gasteiger partial charge < -0.3 is 25.4 Å². The summed E-state index contributed by atoms with van der Waals surface area (Å²) in [5.41, 5.74) is 2.73. The second-order valence-electron chi connectivity index (χ2n) is 12.3. The topological polar surface area (TPSA) is 108 Å². The number of phenols is 1. The fourth-order valence-electron chi connectivity index (χ4n) is 5.08. The van der Waals surface area contributed by atoms with Crippen molar-refractivity contribution in [2.45, 2.75) is 118 Å². The minimum atomic E-state index is -1.000. The summed E-state index contributed by atoms with van der Waals surface area (Å²) in [6.45, 7) is 15.7. The predicted molar refractivity (Wildman–Crippen MR) is 167 cm³/mol. The molecule has 0 aliphatic heterocycles. The van der Waals surface area contributed by atoms with Gasteiger partial charge in [-0.3, -0.25) is 9.59 Å². The number of amides is 3. The van der Waals surface area contributed by atoms with Crippen LogP contribution in [0.25, 0.3) is 0 Å². The Morgan fingerprint density at radius 2 is 1.55 bits per heavy atom. The van der Waals surface area contributed by atoms with Crippen LogP contribution in [-0.2, 0) is 20.7 Å². The third kappa shape index (κ3) is 11.4. The molecule has 232 valence electrons. The number of alkyl carbamates (subject to hydrolysis) is 1. The molecular formula is C34H51N3O5. The maximum atomic E-state index is 14.5. The van der Waals surface area contributed by atoms with Crippen molar-refractivity contribution in [1.29, 1.82) is 0 Å². The summed E-state index contributed by atoms with van der Waals surface area (Å²) in [7, 11) is 0. The van der Waals surface area contributed by atoms with Gasteiger partial charge in [0.1, 0.15) is 23.4 Å². The highest BCUT2D eigenvalue weighted by molar-refractivity contribution is 5.92. The van der Waals surface area contributed by atoms with Crippen LogP contribution in [0.5, 0.6) is 5.75 Å². The fraction of sp³-hybridized carbons (Fsp3) is 0.559. The van der Waals surface area contributed by atoms with E-state index in [2.05, 4.69) is 24.5 Å². The van der Waals surface area contributed by atoms with E-state index in [9.17, 15) is 19.5 Å². The zero-order chi connectivity index (χ0) is 31.4. The number of hydrogen-bond donors (Lipinski definition) is 3. The fourth-order valence-corrected chi connectivity index (χ4v) is 5.08. The standard InChI is InChI=1S/C34H51N3O5/c1-9-11-12-18-37(30(31(39)35-25(5)13-10-2)27-20-23(3)19-24(4)21-27)32(40)29(36-33(41)42-34(6,7)8)22-26-14-16-28(38)17-15-26/h14-17,19-21,25,29-30,38H,9-13,18,22H2,1-8H3,(H,35,39)(H,36,41). The minimum absolute atomic E-state index is 0.0591. The number of rotatable bonds is 14. The summed E-state index contributed by atoms with van der Waals surface area (Å²) in [5.74, 6) is -0.505. The Morgan fingerprint density at radius 1 is 0.929 bits per heavy atom. The predicted octanol–water partition coefficient (Wildman–Crippen LogP) is 6.51. The Morgan fingerprint density at radius 3 is 2.10 bits per heavy atom. The van der Waals surface area contributed by atoms with Crippen LogP contribution >= 0.6 is 0 Å². The van der Waals surface area contributed by atoms with Crippen LogP contribution in [0.3, 0.4) is 0 Å². The van der Waals surface area contributed by atoms with Gasteiger partial charge >= 0.3 is 6.09 Å². The van der Waals surface area contributed by atoms with E-state index in [1.807, 2.05) is 39.0 Å². The molecule has 0 heterocycles. The van der Waals surface area contributed by atoms with Crippen LogP contribution < -0.4 is 10.6 Å². The van der Waals surface area contributed by atoms with Gasteiger partial charge in [0.15, 0.2) is 0 Å². The maximum absolute atomic E-state index is 14.5. The number of aryl methyl sites for hydroxylation is 2. The highest BCUT2D eigenvalue weighted by Crippen LogP contribution is 2.27. The number of phenolic OH excluding ortho intramolecular Hbond substituents is 1. The molecule has 2 aromatic carbocycles. The summed E-state index contributed by atoms with van der Waals surface area (Å²) in [6.07, 6.45) is 3.73. The Labute approximate surface area is 252 Å². The zero-order valence-corrected chi connectivity index (χ0v) is 26.8. The average molecular weight is 582 g/mol. The van der Waals surface area contributed by atoms with E-state index >= 15 is 0 Å². The van der Waals surface area contributed by atoms with Crippen LogP contribution in [0.2, 0.25) is 0 Å². The van der Waals surface area contributed by atoms with Gasteiger partial charge in [-0.05, 0) is 77.6 Å². The van der Waals surface area contributed by atoms with E-state index in [1.165, 1.54) is 0 Å². The lowest BCUT2D eigenvalue weighted by molar-refractivity contribution is -0.142. The number of nitrogens with one attached hydrogen (secondary N) is 2. The Bertz CT molecular complexity index is 1150. The van der Waals surface area contributed by atoms with Crippen LogP contribution in [-0.4, -0.2) is 52.1 Å². The third-order valence-electron chi connectivity index (χ3n) is 6.88. The first-order chi connectivity index (χ1) is 19.7. The summed E-state index contributed by atoms with van der Waals surface area (Å²) < 4.78 is 5.52. The van der Waals surface area contributed by atoms with Gasteiger partial charge in [0, 0.05) is 19.0 Å². The number of aromatic hydroxyl groups is 1. The Hall–Kier alpha value is -3.55. The number of hydrogen-bond acceptors (Lipinski definition) is 5. The molecule has 0 bridgehead atoms. The molecule has 3 unspecified atom stereocenters. The molecule has 0 saturated heterocycles. The molecule has 2 aromatic rings. The molecule has 8 nitrogen and oxygen atoms in total. The average Bonchev–Trinajstić information content (AvgIpc) is 2.87. The summed E-state index contributed by atoms with van der Waals surface area (Å²) in [6, 6.07) is 10.5. The number of carbonyl (C=O) groups is 3. The number of ether oxygens (including phenoxy) is 1. The lowest BCUT2D eigenvalue weighted by atomic mass is 9.96. The smallest absolute Gasteiger partial charge is 0.408 e. The van der Waals surface area contributed by atoms with Gasteiger partial charge in [-0.2, -0.15) is 0 Å². The van der Waals surface area contributed by atoms with Gasteiger partial charge in [-0.1, -0.05) is 74.6 Å². The molecule has 42 heavy (non-hydrogen) atoms. The van der Waals surface area contributed by atoms with Gasteiger partial charge in [0.05, 0.1) is 0 Å². The van der Waals surface area contributed by atoms with Crippen LogP contribution in [0, 0.1) is 13.8 Å². The molecule has 3 amide bonds. The largest absolute Gasteiger partial charge is 0.508 e. The highest BCUT2D eigenvalue weighted by Gasteiger charge is 2.36. The van der Waals surface area contributed by atoms with Gasteiger partial charge in [-0.25, -0.2) is 4.79 Å². The molecule has 0 aliphatic carbocycles. The second-order valence-corrected chi connectivity index (χ2v) is 12.3. The van der Waals surface area contributed by atoms with Crippen molar-refractivity contribution >= 4 is 17.9 Å². The van der Waals surface area contributed by atoms with Crippen molar-refractivity contribution in [1.82, 2.24) is 15.5 Å². The number of benzene rings is 2. The zero-order valence-electron chi connectivity index (χ0n) is 26.8. The minimum Gasteiger partial charge on any atom is -0.508 e. The van der Waals surface area contributed by atoms with E-state index in [-0.39, 0.29) is 30.0 Å². The van der Waals surface area contributed by atoms with E-state index in [0.717, 1.165) is 47.9 Å². The molecule has 0 spiro atoms. The molecule has 3 N–H and O–H groups in total. The number of carbonyl (C=O) groups excluding carboxylic acids is 3. The van der Waals surface area contributed by atoms with Crippen LogP contribution in [0.15, 0.2) is 42.5 Å². The van der Waals surface area contributed by atoms with Crippen molar-refractivity contribution < 1.29 is 24.2 Å². The third-order valence-corrected chi connectivity index (χ3v) is 6.88. The monoisotopic (exact) mass is 581 g/mol. The van der Waals surface area contributed by atoms with E-state index in [4.69, 9.17) is 4.74 Å². The molecule has 3 atom stereocenters. The van der Waals surface area contributed by atoms with Gasteiger partial charge in [-0.15, -0.1) is 0 Å². The van der Waals surface area contributed by atoms with Crippen molar-refractivity contribution in [2.75, 3.05) is 6.54 Å². The molecule has 0 radical (unpaired) electrons. The lowest BCUT2D eigenvalue weighted by Crippen LogP contribution is -2.54. The van der Waals surface area contributed by atoms with Crippen LogP contribution in [0.1, 0.15) is 102 Å². The first-order valence-corrected chi connectivity index (χ1v) is 15.2. The molecule has 2 rings (SSSR count). The van der Waals surface area contributed by atoms with E-state index < -0.39 is 23.8 Å². The first-order valence-electron chi connectivity index (χ1n) is 15.2. The lowest BCUT2D eigenvalue weighted by Gasteiger charge is -2.35.